The van der Waals surface area contributed by atoms with Gasteiger partial charge in [0, 0.05) is 13.1 Å². The third-order valence-corrected chi connectivity index (χ3v) is 3.09. The van der Waals surface area contributed by atoms with E-state index in [0.717, 1.165) is 11.8 Å². The summed E-state index contributed by atoms with van der Waals surface area (Å²) in [5, 5.41) is 8.07. The lowest BCUT2D eigenvalue weighted by atomic mass is 10.3. The minimum atomic E-state index is -0.880. The Morgan fingerprint density at radius 1 is 1.36 bits per heavy atom. The van der Waals surface area contributed by atoms with Gasteiger partial charge in [0.15, 0.2) is 0 Å². The van der Waals surface area contributed by atoms with Crippen LogP contribution in [0.15, 0.2) is 0 Å². The highest BCUT2D eigenvalue weighted by molar-refractivity contribution is 8.01. The van der Waals surface area contributed by atoms with E-state index in [1.807, 2.05) is 13.8 Å². The van der Waals surface area contributed by atoms with Gasteiger partial charge in [-0.05, 0) is 20.8 Å². The number of nitrogens with zero attached hydrogens (tertiary/aromatic N) is 1. The van der Waals surface area contributed by atoms with Gasteiger partial charge in [-0.2, -0.15) is 0 Å². The van der Waals surface area contributed by atoms with Gasteiger partial charge in [0.05, 0.1) is 11.0 Å². The predicted molar refractivity (Wildman–Crippen MR) is 57.5 cm³/mol. The lowest BCUT2D eigenvalue weighted by Gasteiger charge is -2.21. The highest BCUT2D eigenvalue weighted by Crippen LogP contribution is 2.11. The summed E-state index contributed by atoms with van der Waals surface area (Å²) < 4.78 is 0. The van der Waals surface area contributed by atoms with Crippen molar-refractivity contribution in [2.24, 2.45) is 0 Å². The zero-order valence-corrected chi connectivity index (χ0v) is 9.80. The summed E-state index contributed by atoms with van der Waals surface area (Å²) in [6, 6.07) is 0.156. The van der Waals surface area contributed by atoms with Gasteiger partial charge in [-0.1, -0.05) is 0 Å². The molecule has 0 aromatic rings. The minimum Gasteiger partial charge on any atom is -0.480 e. The number of carboxylic acid groups (broad SMARTS) is 1. The van der Waals surface area contributed by atoms with Gasteiger partial charge >= 0.3 is 5.97 Å². The summed E-state index contributed by atoms with van der Waals surface area (Å²) in [6.45, 7) is 5.42. The number of hydrogen-bond acceptors (Lipinski definition) is 3. The fourth-order valence-electron chi connectivity index (χ4n) is 0.657. The molecule has 0 aliphatic heterocycles. The summed E-state index contributed by atoms with van der Waals surface area (Å²) in [7, 11) is 1.72. The zero-order chi connectivity index (χ0) is 11.3. The second-order valence-corrected chi connectivity index (χ2v) is 4.72. The van der Waals surface area contributed by atoms with Crippen molar-refractivity contribution in [2.75, 3.05) is 12.8 Å². The second kappa shape index (κ2) is 5.90. The fourth-order valence-corrected chi connectivity index (χ4v) is 1.40. The van der Waals surface area contributed by atoms with Crippen LogP contribution in [0.5, 0.6) is 0 Å². The Hall–Kier alpha value is -0.710. The molecule has 0 aliphatic carbocycles. The largest absolute Gasteiger partial charge is 0.480 e. The maximum Gasteiger partial charge on any atom is 0.316 e. The van der Waals surface area contributed by atoms with Crippen LogP contribution in [0.4, 0.5) is 0 Å². The van der Waals surface area contributed by atoms with E-state index in [2.05, 4.69) is 0 Å². The molecule has 0 bridgehead atoms. The molecular formula is C9H17NO3S. The first kappa shape index (κ1) is 13.3. The number of aliphatic carboxylic acids is 1. The number of carbonyl (C=O) groups is 2. The molecule has 0 radical (unpaired) electrons. The summed E-state index contributed by atoms with van der Waals surface area (Å²) >= 11 is 1.15. The van der Waals surface area contributed by atoms with Crippen molar-refractivity contribution in [3.63, 3.8) is 0 Å². The van der Waals surface area contributed by atoms with Gasteiger partial charge in [0.25, 0.3) is 0 Å². The molecule has 0 heterocycles. The Morgan fingerprint density at radius 2 is 1.86 bits per heavy atom. The van der Waals surface area contributed by atoms with Gasteiger partial charge in [-0.15, -0.1) is 11.8 Å². The standard InChI is InChI=1S/C9H17NO3S/c1-6(2)10(4)8(11)5-14-7(3)9(12)13/h6-7H,5H2,1-4H3,(H,12,13). The Labute approximate surface area is 88.7 Å². The van der Waals surface area contributed by atoms with Crippen LogP contribution in [0, 0.1) is 0 Å². The van der Waals surface area contributed by atoms with Crippen LogP contribution >= 0.6 is 11.8 Å². The molecule has 0 aromatic heterocycles. The average molecular weight is 219 g/mol. The molecule has 0 aliphatic rings. The number of hydrogen-bond donors (Lipinski definition) is 1. The van der Waals surface area contributed by atoms with Crippen LogP contribution in [0.2, 0.25) is 0 Å². The number of carboxylic acids is 1. The molecule has 0 aromatic carbocycles. The average Bonchev–Trinajstić information content (AvgIpc) is 2.11. The van der Waals surface area contributed by atoms with Crippen molar-refractivity contribution in [3.8, 4) is 0 Å². The lowest BCUT2D eigenvalue weighted by Crippen LogP contribution is -2.34. The Kier molecular flexibility index (Phi) is 5.60. The molecule has 5 heteroatoms. The maximum absolute atomic E-state index is 11.4. The summed E-state index contributed by atoms with van der Waals surface area (Å²) in [4.78, 5) is 23.5. The van der Waals surface area contributed by atoms with Crippen LogP contribution in [-0.2, 0) is 9.59 Å². The van der Waals surface area contributed by atoms with Gasteiger partial charge in [-0.3, -0.25) is 9.59 Å². The van der Waals surface area contributed by atoms with Crippen molar-refractivity contribution in [1.29, 1.82) is 0 Å². The Balaban J connectivity index is 3.91. The van der Waals surface area contributed by atoms with Crippen molar-refractivity contribution in [2.45, 2.75) is 32.1 Å². The first-order valence-corrected chi connectivity index (χ1v) is 5.51. The fraction of sp³-hybridized carbons (Fsp3) is 0.778. The Bertz CT molecular complexity index is 218. The number of rotatable bonds is 5. The Morgan fingerprint density at radius 3 is 2.21 bits per heavy atom. The number of thioether (sulfide) groups is 1. The van der Waals surface area contributed by atoms with Gasteiger partial charge < -0.3 is 10.0 Å². The van der Waals surface area contributed by atoms with Crippen LogP contribution in [0.3, 0.4) is 0 Å². The summed E-state index contributed by atoms with van der Waals surface area (Å²) in [5.74, 6) is -0.685. The van der Waals surface area contributed by atoms with E-state index in [1.165, 1.54) is 0 Å². The minimum absolute atomic E-state index is 0.0295. The molecule has 0 saturated carbocycles. The second-order valence-electron chi connectivity index (χ2n) is 3.39. The third-order valence-electron chi connectivity index (χ3n) is 1.97. The van der Waals surface area contributed by atoms with Crippen LogP contribution < -0.4 is 0 Å². The molecule has 1 amide bonds. The van der Waals surface area contributed by atoms with E-state index in [1.54, 1.807) is 18.9 Å². The third kappa shape index (κ3) is 4.50. The quantitative estimate of drug-likeness (QED) is 0.751. The SMILES string of the molecule is CC(SCC(=O)N(C)C(C)C)C(=O)O. The van der Waals surface area contributed by atoms with Crippen molar-refractivity contribution < 1.29 is 14.7 Å². The molecule has 14 heavy (non-hydrogen) atoms. The van der Waals surface area contributed by atoms with Gasteiger partial charge in [0.2, 0.25) is 5.91 Å². The van der Waals surface area contributed by atoms with E-state index < -0.39 is 11.2 Å². The van der Waals surface area contributed by atoms with E-state index in [0.29, 0.717) is 0 Å². The van der Waals surface area contributed by atoms with E-state index in [-0.39, 0.29) is 17.7 Å². The molecule has 0 fully saturated rings. The van der Waals surface area contributed by atoms with Crippen molar-refractivity contribution in [1.82, 2.24) is 4.90 Å². The molecule has 0 spiro atoms. The number of amides is 1. The highest BCUT2D eigenvalue weighted by atomic mass is 32.2. The molecule has 0 rings (SSSR count). The van der Waals surface area contributed by atoms with E-state index >= 15 is 0 Å². The molecule has 82 valence electrons. The van der Waals surface area contributed by atoms with E-state index in [4.69, 9.17) is 5.11 Å². The van der Waals surface area contributed by atoms with Gasteiger partial charge in [-0.25, -0.2) is 0 Å². The lowest BCUT2D eigenvalue weighted by molar-refractivity contribution is -0.136. The van der Waals surface area contributed by atoms with E-state index in [9.17, 15) is 9.59 Å². The monoisotopic (exact) mass is 219 g/mol. The first-order valence-electron chi connectivity index (χ1n) is 4.46. The normalized spacial score (nSPS) is 12.6. The number of carbonyl (C=O) groups excluding carboxylic acids is 1. The van der Waals surface area contributed by atoms with Crippen LogP contribution in [0.1, 0.15) is 20.8 Å². The predicted octanol–water partition coefficient (Wildman–Crippen LogP) is 1.06. The zero-order valence-electron chi connectivity index (χ0n) is 8.98. The first-order chi connectivity index (χ1) is 6.36. The smallest absolute Gasteiger partial charge is 0.316 e. The van der Waals surface area contributed by atoms with Crippen LogP contribution in [0.25, 0.3) is 0 Å². The topological polar surface area (TPSA) is 57.6 Å². The van der Waals surface area contributed by atoms with Crippen molar-refractivity contribution in [3.05, 3.63) is 0 Å². The van der Waals surface area contributed by atoms with Gasteiger partial charge in [0.1, 0.15) is 0 Å². The molecule has 0 saturated heterocycles. The maximum atomic E-state index is 11.4. The molecule has 4 nitrogen and oxygen atoms in total. The van der Waals surface area contributed by atoms with Crippen molar-refractivity contribution >= 4 is 23.6 Å². The summed E-state index contributed by atoms with van der Waals surface area (Å²) in [5.41, 5.74) is 0. The molecule has 1 atom stereocenters. The highest BCUT2D eigenvalue weighted by Gasteiger charge is 2.16. The molecular weight excluding hydrogens is 202 g/mol. The molecule has 1 N–H and O–H groups in total. The summed E-state index contributed by atoms with van der Waals surface area (Å²) in [6.07, 6.45) is 0. The molecule has 1 unspecified atom stereocenters. The van der Waals surface area contributed by atoms with Crippen LogP contribution in [-0.4, -0.2) is 46.0 Å².